The molecule has 0 spiro atoms. The van der Waals surface area contributed by atoms with Crippen LogP contribution in [0.25, 0.3) is 0 Å². The first kappa shape index (κ1) is 19.0. The molecule has 0 heterocycles. The number of halogens is 1. The highest BCUT2D eigenvalue weighted by Gasteiger charge is 2.11. The summed E-state index contributed by atoms with van der Waals surface area (Å²) in [5.41, 5.74) is 4.27. The van der Waals surface area contributed by atoms with Crippen LogP contribution in [0.1, 0.15) is 25.0 Å². The molecule has 0 aliphatic heterocycles. The second-order valence-electron chi connectivity index (χ2n) is 5.15. The van der Waals surface area contributed by atoms with Crippen LogP contribution >= 0.6 is 15.9 Å². The minimum Gasteiger partial charge on any atom is -0.490 e. The zero-order chi connectivity index (χ0) is 18.1. The molecule has 0 atom stereocenters. The molecule has 0 bridgehead atoms. The Morgan fingerprint density at radius 2 is 1.88 bits per heavy atom. The number of nitrogens with zero attached hydrogens (tertiary/aromatic N) is 1. The summed E-state index contributed by atoms with van der Waals surface area (Å²) in [6.45, 7) is 4.90. The number of hydrogen-bond donors (Lipinski definition) is 1. The third-order valence-electron chi connectivity index (χ3n) is 3.23. The molecule has 0 aliphatic carbocycles. The Bertz CT molecular complexity index is 733. The van der Waals surface area contributed by atoms with Crippen molar-refractivity contribution in [3.8, 4) is 11.5 Å². The van der Waals surface area contributed by atoms with Crippen LogP contribution in [0.15, 0.2) is 52.0 Å². The molecule has 2 aromatic carbocycles. The highest BCUT2D eigenvalue weighted by molar-refractivity contribution is 9.10. The molecule has 0 unspecified atom stereocenters. The number of hydrazone groups is 1. The van der Waals surface area contributed by atoms with Crippen molar-refractivity contribution in [1.29, 1.82) is 0 Å². The molecule has 25 heavy (non-hydrogen) atoms. The molecule has 0 radical (unpaired) electrons. The third-order valence-corrected chi connectivity index (χ3v) is 3.82. The molecule has 0 saturated heterocycles. The van der Waals surface area contributed by atoms with Gasteiger partial charge >= 0.3 is 0 Å². The van der Waals surface area contributed by atoms with Crippen LogP contribution < -0.4 is 14.9 Å². The number of ether oxygens (including phenoxy) is 2. The number of carbonyl (C=O) groups excluding carboxylic acids is 1. The van der Waals surface area contributed by atoms with E-state index in [4.69, 9.17) is 9.47 Å². The Hall–Kier alpha value is -2.34. The number of benzene rings is 2. The molecule has 5 nitrogen and oxygen atoms in total. The second-order valence-corrected chi connectivity index (χ2v) is 6.01. The number of amides is 1. The number of hydrogen-bond acceptors (Lipinski definition) is 4. The van der Waals surface area contributed by atoms with E-state index in [1.165, 1.54) is 0 Å². The predicted octanol–water partition coefficient (Wildman–Crippen LogP) is 3.94. The van der Waals surface area contributed by atoms with Crippen molar-refractivity contribution >= 4 is 28.1 Å². The van der Waals surface area contributed by atoms with Gasteiger partial charge in [-0.05, 0) is 53.0 Å². The Labute approximate surface area is 156 Å². The van der Waals surface area contributed by atoms with Crippen LogP contribution in [0.5, 0.6) is 11.5 Å². The summed E-state index contributed by atoms with van der Waals surface area (Å²) < 4.78 is 12.0. The Balaban J connectivity index is 2.03. The van der Waals surface area contributed by atoms with Gasteiger partial charge in [-0.3, -0.25) is 4.79 Å². The highest BCUT2D eigenvalue weighted by Crippen LogP contribution is 2.36. The summed E-state index contributed by atoms with van der Waals surface area (Å²) in [6.07, 6.45) is 1.86. The fourth-order valence-corrected chi connectivity index (χ4v) is 2.78. The summed E-state index contributed by atoms with van der Waals surface area (Å²) in [7, 11) is 0. The van der Waals surface area contributed by atoms with E-state index in [0.29, 0.717) is 24.7 Å². The fraction of sp³-hybridized carbons (Fsp3) is 0.263. The predicted molar refractivity (Wildman–Crippen MR) is 102 cm³/mol. The topological polar surface area (TPSA) is 59.9 Å². The lowest BCUT2D eigenvalue weighted by molar-refractivity contribution is -0.120. The van der Waals surface area contributed by atoms with Gasteiger partial charge in [-0.1, -0.05) is 30.3 Å². The number of nitrogens with one attached hydrogen (secondary N) is 1. The maximum absolute atomic E-state index is 11.9. The lowest BCUT2D eigenvalue weighted by Gasteiger charge is -2.13. The van der Waals surface area contributed by atoms with Gasteiger partial charge < -0.3 is 9.47 Å². The van der Waals surface area contributed by atoms with E-state index in [0.717, 1.165) is 15.6 Å². The van der Waals surface area contributed by atoms with Crippen LogP contribution in [-0.2, 0) is 11.2 Å². The molecular formula is C19H21BrN2O3. The molecule has 0 fully saturated rings. The molecule has 1 amide bonds. The summed E-state index contributed by atoms with van der Waals surface area (Å²) in [6, 6.07) is 13.2. The monoisotopic (exact) mass is 404 g/mol. The van der Waals surface area contributed by atoms with E-state index in [1.54, 1.807) is 6.21 Å². The van der Waals surface area contributed by atoms with Gasteiger partial charge in [-0.15, -0.1) is 0 Å². The maximum Gasteiger partial charge on any atom is 0.244 e. The first-order valence-electron chi connectivity index (χ1n) is 8.09. The van der Waals surface area contributed by atoms with Crippen molar-refractivity contribution in [1.82, 2.24) is 5.43 Å². The average molecular weight is 405 g/mol. The minimum absolute atomic E-state index is 0.169. The first-order chi connectivity index (χ1) is 12.1. The van der Waals surface area contributed by atoms with Gasteiger partial charge in [-0.25, -0.2) is 5.43 Å². The Morgan fingerprint density at radius 1 is 1.16 bits per heavy atom. The van der Waals surface area contributed by atoms with Crippen molar-refractivity contribution in [2.24, 2.45) is 5.10 Å². The quantitative estimate of drug-likeness (QED) is 0.535. The lowest BCUT2D eigenvalue weighted by Crippen LogP contribution is -2.19. The van der Waals surface area contributed by atoms with Crippen molar-refractivity contribution in [2.75, 3.05) is 13.2 Å². The van der Waals surface area contributed by atoms with Crippen LogP contribution in [0, 0.1) is 0 Å². The van der Waals surface area contributed by atoms with Crippen molar-refractivity contribution < 1.29 is 14.3 Å². The summed E-state index contributed by atoms with van der Waals surface area (Å²) >= 11 is 3.48. The van der Waals surface area contributed by atoms with Crippen molar-refractivity contribution in [3.63, 3.8) is 0 Å². The minimum atomic E-state index is -0.169. The molecule has 2 rings (SSSR count). The van der Waals surface area contributed by atoms with E-state index in [2.05, 4.69) is 26.5 Å². The van der Waals surface area contributed by atoms with E-state index in [1.807, 2.05) is 56.3 Å². The normalized spacial score (nSPS) is 10.7. The molecule has 132 valence electrons. The zero-order valence-corrected chi connectivity index (χ0v) is 15.9. The SMILES string of the molecule is CCOc1cc(/C=N\NC(=O)Cc2ccccc2)cc(Br)c1OCC. The lowest BCUT2D eigenvalue weighted by atomic mass is 10.1. The van der Waals surface area contributed by atoms with Crippen molar-refractivity contribution in [3.05, 3.63) is 58.1 Å². The van der Waals surface area contributed by atoms with Gasteiger partial charge in [0.05, 0.1) is 30.3 Å². The van der Waals surface area contributed by atoms with E-state index >= 15 is 0 Å². The van der Waals surface area contributed by atoms with E-state index in [-0.39, 0.29) is 12.3 Å². The summed E-state index contributed by atoms with van der Waals surface area (Å²) in [4.78, 5) is 11.9. The van der Waals surface area contributed by atoms with E-state index < -0.39 is 0 Å². The molecule has 0 saturated carbocycles. The van der Waals surface area contributed by atoms with Gasteiger partial charge in [0.1, 0.15) is 0 Å². The molecule has 2 aromatic rings. The summed E-state index contributed by atoms with van der Waals surface area (Å²) in [5.74, 6) is 1.13. The highest BCUT2D eigenvalue weighted by atomic mass is 79.9. The summed E-state index contributed by atoms with van der Waals surface area (Å²) in [5, 5.41) is 4.01. The fourth-order valence-electron chi connectivity index (χ4n) is 2.21. The van der Waals surface area contributed by atoms with E-state index in [9.17, 15) is 4.79 Å². The van der Waals surface area contributed by atoms with Crippen LogP contribution in [0.3, 0.4) is 0 Å². The molecule has 1 N–H and O–H groups in total. The number of carbonyl (C=O) groups is 1. The standard InChI is InChI=1S/C19H21BrN2O3/c1-3-24-17-11-15(10-16(20)19(17)25-4-2)13-21-22-18(23)12-14-8-6-5-7-9-14/h5-11,13H,3-4,12H2,1-2H3,(H,22,23)/b21-13-. The van der Waals surface area contributed by atoms with Gasteiger partial charge in [-0.2, -0.15) is 5.10 Å². The van der Waals surface area contributed by atoms with Crippen LogP contribution in [-0.4, -0.2) is 25.3 Å². The molecule has 6 heteroatoms. The number of rotatable bonds is 8. The largest absolute Gasteiger partial charge is 0.490 e. The van der Waals surface area contributed by atoms with Crippen LogP contribution in [0.2, 0.25) is 0 Å². The molecule has 0 aliphatic rings. The molecular weight excluding hydrogens is 384 g/mol. The smallest absolute Gasteiger partial charge is 0.244 e. The van der Waals surface area contributed by atoms with Gasteiger partial charge in [0, 0.05) is 0 Å². The van der Waals surface area contributed by atoms with Gasteiger partial charge in [0.2, 0.25) is 5.91 Å². The Morgan fingerprint density at radius 3 is 2.56 bits per heavy atom. The first-order valence-corrected chi connectivity index (χ1v) is 8.88. The molecule has 0 aromatic heterocycles. The zero-order valence-electron chi connectivity index (χ0n) is 14.3. The van der Waals surface area contributed by atoms with Crippen LogP contribution in [0.4, 0.5) is 0 Å². The Kier molecular flexibility index (Phi) is 7.47. The maximum atomic E-state index is 11.9. The van der Waals surface area contributed by atoms with Crippen molar-refractivity contribution in [2.45, 2.75) is 20.3 Å². The second kappa shape index (κ2) is 9.84. The third kappa shape index (κ3) is 5.90. The average Bonchev–Trinajstić information content (AvgIpc) is 2.59. The van der Waals surface area contributed by atoms with Gasteiger partial charge in [0.15, 0.2) is 11.5 Å². The van der Waals surface area contributed by atoms with Gasteiger partial charge in [0.25, 0.3) is 0 Å².